The van der Waals surface area contributed by atoms with E-state index in [-0.39, 0.29) is 5.91 Å². The van der Waals surface area contributed by atoms with Crippen LogP contribution in [0.3, 0.4) is 0 Å². The van der Waals surface area contributed by atoms with E-state index in [4.69, 9.17) is 14.6 Å². The van der Waals surface area contributed by atoms with Gasteiger partial charge in [-0.25, -0.2) is 14.8 Å². The van der Waals surface area contributed by atoms with Crippen molar-refractivity contribution < 1.29 is 32.6 Å². The van der Waals surface area contributed by atoms with Crippen molar-refractivity contribution in [3.05, 3.63) is 59.7 Å². The highest BCUT2D eigenvalue weighted by Crippen LogP contribution is 2.33. The number of anilines is 2. The van der Waals surface area contributed by atoms with Crippen molar-refractivity contribution in [2.75, 3.05) is 36.5 Å². The van der Waals surface area contributed by atoms with E-state index in [0.717, 1.165) is 53.5 Å². The number of aliphatic carboxylic acids is 1. The summed E-state index contributed by atoms with van der Waals surface area (Å²) in [6.45, 7) is 7.92. The van der Waals surface area contributed by atoms with Gasteiger partial charge in [0.25, 0.3) is 5.91 Å². The summed E-state index contributed by atoms with van der Waals surface area (Å²) in [5.74, 6) is -1.46. The molecule has 0 bridgehead atoms. The molecule has 2 aromatic heterocycles. The zero-order valence-electron chi connectivity index (χ0n) is 21.7. The molecule has 9 nitrogen and oxygen atoms in total. The van der Waals surface area contributed by atoms with Crippen LogP contribution < -0.4 is 10.2 Å². The molecule has 1 aromatic carbocycles. The van der Waals surface area contributed by atoms with Gasteiger partial charge in [0.2, 0.25) is 5.95 Å². The SMILES string of the molecule is Cc1ccc(C)c(NC(=O)c2cc(-c3cnc(N4CCOCC4)nc3)cn2CC2CC2)c1.O=C(O)C(F)(F)F. The van der Waals surface area contributed by atoms with E-state index < -0.39 is 12.1 Å². The molecule has 0 spiro atoms. The Kier molecular flexibility index (Phi) is 8.54. The van der Waals surface area contributed by atoms with Gasteiger partial charge < -0.3 is 24.6 Å². The van der Waals surface area contributed by atoms with Gasteiger partial charge in [0.15, 0.2) is 0 Å². The van der Waals surface area contributed by atoms with Gasteiger partial charge in [0.05, 0.1) is 13.2 Å². The summed E-state index contributed by atoms with van der Waals surface area (Å²) in [6.07, 6.45) is 3.12. The number of benzene rings is 1. The van der Waals surface area contributed by atoms with Gasteiger partial charge in [0.1, 0.15) is 5.69 Å². The van der Waals surface area contributed by atoms with Crippen molar-refractivity contribution in [1.29, 1.82) is 0 Å². The molecule has 2 N–H and O–H groups in total. The Morgan fingerprint density at radius 3 is 2.31 bits per heavy atom. The van der Waals surface area contributed by atoms with E-state index in [0.29, 0.717) is 24.8 Å². The van der Waals surface area contributed by atoms with E-state index in [9.17, 15) is 18.0 Å². The minimum atomic E-state index is -5.08. The number of rotatable bonds is 6. The topological polar surface area (TPSA) is 110 Å². The summed E-state index contributed by atoms with van der Waals surface area (Å²) in [5, 5.41) is 10.2. The lowest BCUT2D eigenvalue weighted by molar-refractivity contribution is -0.192. The molecule has 2 fully saturated rings. The van der Waals surface area contributed by atoms with E-state index in [2.05, 4.69) is 37.0 Å². The van der Waals surface area contributed by atoms with Gasteiger partial charge in [-0.3, -0.25) is 4.79 Å². The maximum Gasteiger partial charge on any atom is 0.490 e. The molecule has 39 heavy (non-hydrogen) atoms. The first-order valence-electron chi connectivity index (χ1n) is 12.6. The number of alkyl halides is 3. The maximum absolute atomic E-state index is 13.2. The molecule has 0 radical (unpaired) electrons. The molecule has 3 aromatic rings. The highest BCUT2D eigenvalue weighted by molar-refractivity contribution is 6.04. The molecule has 1 amide bonds. The predicted octanol–water partition coefficient (Wildman–Crippen LogP) is 4.69. The third-order valence-electron chi connectivity index (χ3n) is 6.43. The van der Waals surface area contributed by atoms with Gasteiger partial charge in [-0.2, -0.15) is 13.2 Å². The molecule has 0 atom stereocenters. The Labute approximate surface area is 223 Å². The molecule has 12 heteroatoms. The van der Waals surface area contributed by atoms with Crippen molar-refractivity contribution >= 4 is 23.5 Å². The van der Waals surface area contributed by atoms with Crippen molar-refractivity contribution in [2.45, 2.75) is 39.4 Å². The molecule has 1 aliphatic heterocycles. The second kappa shape index (κ2) is 11.9. The molecule has 5 rings (SSSR count). The van der Waals surface area contributed by atoms with E-state index >= 15 is 0 Å². The van der Waals surface area contributed by atoms with Gasteiger partial charge in [-0.05, 0) is 55.9 Å². The van der Waals surface area contributed by atoms with Crippen LogP contribution in [0.25, 0.3) is 11.1 Å². The Hall–Kier alpha value is -3.93. The van der Waals surface area contributed by atoms with Crippen LogP contribution in [-0.4, -0.2) is 64.0 Å². The average Bonchev–Trinajstić information content (AvgIpc) is 3.62. The number of hydrogen-bond donors (Lipinski definition) is 2. The van der Waals surface area contributed by atoms with Crippen molar-refractivity contribution in [2.24, 2.45) is 5.92 Å². The Morgan fingerprint density at radius 1 is 1.08 bits per heavy atom. The fourth-order valence-electron chi connectivity index (χ4n) is 4.04. The van der Waals surface area contributed by atoms with Crippen molar-refractivity contribution in [1.82, 2.24) is 14.5 Å². The number of morpholine rings is 1. The third kappa shape index (κ3) is 7.56. The number of aromatic nitrogens is 3. The lowest BCUT2D eigenvalue weighted by Crippen LogP contribution is -2.37. The van der Waals surface area contributed by atoms with Crippen LogP contribution in [0.1, 0.15) is 34.5 Å². The highest BCUT2D eigenvalue weighted by atomic mass is 19.4. The van der Waals surface area contributed by atoms with Crippen molar-refractivity contribution in [3.63, 3.8) is 0 Å². The van der Waals surface area contributed by atoms with E-state index in [1.807, 2.05) is 44.4 Å². The first kappa shape index (κ1) is 28.1. The third-order valence-corrected chi connectivity index (χ3v) is 6.43. The second-order valence-electron chi connectivity index (χ2n) is 9.66. The zero-order valence-corrected chi connectivity index (χ0v) is 21.7. The molecular formula is C27H30F3N5O4. The number of hydrogen-bond acceptors (Lipinski definition) is 6. The maximum atomic E-state index is 13.2. The van der Waals surface area contributed by atoms with Gasteiger partial charge >= 0.3 is 12.1 Å². The zero-order chi connectivity index (χ0) is 28.2. The number of halogens is 3. The van der Waals surface area contributed by atoms with Crippen LogP contribution >= 0.6 is 0 Å². The first-order valence-corrected chi connectivity index (χ1v) is 12.6. The fraction of sp³-hybridized carbons (Fsp3) is 0.407. The first-order chi connectivity index (χ1) is 18.5. The van der Waals surface area contributed by atoms with E-state index in [1.54, 1.807) is 0 Å². The number of amides is 1. The molecule has 0 unspecified atom stereocenters. The average molecular weight is 546 g/mol. The summed E-state index contributed by atoms with van der Waals surface area (Å²) in [6, 6.07) is 8.06. The quantitative estimate of drug-likeness (QED) is 0.462. The van der Waals surface area contributed by atoms with Gasteiger partial charge in [0, 0.05) is 55.0 Å². The summed E-state index contributed by atoms with van der Waals surface area (Å²) in [4.78, 5) is 33.4. The number of carboxylic acid groups (broad SMARTS) is 1. The second-order valence-corrected chi connectivity index (χ2v) is 9.66. The minimum absolute atomic E-state index is 0.0866. The summed E-state index contributed by atoms with van der Waals surface area (Å²) in [5.41, 5.74) is 5.58. The van der Waals surface area contributed by atoms with Crippen LogP contribution in [-0.2, 0) is 16.1 Å². The predicted molar refractivity (Wildman–Crippen MR) is 139 cm³/mol. The number of nitrogens with zero attached hydrogens (tertiary/aromatic N) is 4. The lowest BCUT2D eigenvalue weighted by Gasteiger charge is -2.26. The van der Waals surface area contributed by atoms with E-state index in [1.165, 1.54) is 12.8 Å². The normalized spacial score (nSPS) is 15.4. The standard InChI is InChI=1S/C25H29N5O2.C2HF3O2/c1-17-3-4-18(2)22(11-17)28-24(31)23-12-20(16-30(23)15-19-5-6-19)21-13-26-25(27-14-21)29-7-9-32-10-8-29;3-2(4,5)1(6)7/h3-4,11-14,16,19H,5-10,15H2,1-2H3,(H,28,31);(H,6,7). The number of aryl methyl sites for hydroxylation is 2. The monoisotopic (exact) mass is 545 g/mol. The van der Waals surface area contributed by atoms with Crippen molar-refractivity contribution in [3.8, 4) is 11.1 Å². The Balaban J connectivity index is 0.000000448. The molecule has 1 aliphatic carbocycles. The molecule has 208 valence electrons. The van der Waals surface area contributed by atoms with Gasteiger partial charge in [-0.1, -0.05) is 12.1 Å². The Morgan fingerprint density at radius 2 is 1.72 bits per heavy atom. The highest BCUT2D eigenvalue weighted by Gasteiger charge is 2.38. The molecule has 1 saturated carbocycles. The van der Waals surface area contributed by atoms with Crippen LogP contribution in [0.4, 0.5) is 24.8 Å². The number of carboxylic acids is 1. The fourth-order valence-corrected chi connectivity index (χ4v) is 4.04. The smallest absolute Gasteiger partial charge is 0.475 e. The number of carbonyl (C=O) groups excluding carboxylic acids is 1. The lowest BCUT2D eigenvalue weighted by atomic mass is 10.1. The number of carbonyl (C=O) groups is 2. The van der Waals surface area contributed by atoms with Crippen LogP contribution in [0.2, 0.25) is 0 Å². The van der Waals surface area contributed by atoms with Crippen LogP contribution in [0.15, 0.2) is 42.9 Å². The Bertz CT molecular complexity index is 1310. The summed E-state index contributed by atoms with van der Waals surface area (Å²) >= 11 is 0. The largest absolute Gasteiger partial charge is 0.490 e. The molecule has 2 aliphatic rings. The minimum Gasteiger partial charge on any atom is -0.475 e. The molecular weight excluding hydrogens is 515 g/mol. The summed E-state index contributed by atoms with van der Waals surface area (Å²) < 4.78 is 39.2. The summed E-state index contributed by atoms with van der Waals surface area (Å²) in [7, 11) is 0. The van der Waals surface area contributed by atoms with Crippen LogP contribution in [0.5, 0.6) is 0 Å². The van der Waals surface area contributed by atoms with Gasteiger partial charge in [-0.15, -0.1) is 0 Å². The van der Waals surface area contributed by atoms with Crippen LogP contribution in [0, 0.1) is 19.8 Å². The number of ether oxygens (including phenoxy) is 1. The number of nitrogens with one attached hydrogen (secondary N) is 1. The molecule has 1 saturated heterocycles. The molecule has 3 heterocycles.